The molecule has 2 atom stereocenters. The van der Waals surface area contributed by atoms with Gasteiger partial charge in [-0.1, -0.05) is 6.42 Å². The Morgan fingerprint density at radius 1 is 1.45 bits per heavy atom. The van der Waals surface area contributed by atoms with E-state index in [0.29, 0.717) is 18.8 Å². The van der Waals surface area contributed by atoms with Gasteiger partial charge in [0, 0.05) is 12.8 Å². The van der Waals surface area contributed by atoms with Gasteiger partial charge < -0.3 is 5.11 Å². The lowest BCUT2D eigenvalue weighted by atomic mass is 9.77. The Morgan fingerprint density at radius 3 is 3.09 bits per heavy atom. The third kappa shape index (κ3) is 1.09. The number of carbonyl (C=O) groups excluding carboxylic acids is 1. The monoisotopic (exact) mass is 154 g/mol. The van der Waals surface area contributed by atoms with Crippen LogP contribution in [-0.2, 0) is 4.79 Å². The van der Waals surface area contributed by atoms with E-state index in [9.17, 15) is 9.90 Å². The fourth-order valence-corrected chi connectivity index (χ4v) is 2.54. The molecule has 0 aromatic rings. The normalized spacial score (nSPS) is 44.1. The summed E-state index contributed by atoms with van der Waals surface area (Å²) in [4.78, 5) is 11.1. The van der Waals surface area contributed by atoms with Crippen molar-refractivity contribution in [3.05, 3.63) is 0 Å². The molecule has 2 aliphatic carbocycles. The number of ketones is 1. The van der Waals surface area contributed by atoms with E-state index in [0.717, 1.165) is 25.7 Å². The van der Waals surface area contributed by atoms with Crippen LogP contribution in [0.25, 0.3) is 0 Å². The highest BCUT2D eigenvalue weighted by Gasteiger charge is 2.44. The largest absolute Gasteiger partial charge is 0.389 e. The number of carbonyl (C=O) groups is 1. The zero-order valence-corrected chi connectivity index (χ0v) is 6.68. The van der Waals surface area contributed by atoms with E-state index in [-0.39, 0.29) is 5.78 Å². The summed E-state index contributed by atoms with van der Waals surface area (Å²) < 4.78 is 0. The Labute approximate surface area is 66.6 Å². The summed E-state index contributed by atoms with van der Waals surface area (Å²) in [5.41, 5.74) is -0.588. The lowest BCUT2D eigenvalue weighted by Crippen LogP contribution is -2.39. The molecule has 0 aliphatic heterocycles. The second kappa shape index (κ2) is 2.31. The number of aliphatic hydroxyl groups is 1. The number of rotatable bonds is 0. The van der Waals surface area contributed by atoms with Gasteiger partial charge in [-0.05, 0) is 25.2 Å². The third-order valence-electron chi connectivity index (χ3n) is 3.20. The molecule has 62 valence electrons. The van der Waals surface area contributed by atoms with E-state index in [1.165, 1.54) is 0 Å². The first kappa shape index (κ1) is 7.29. The summed E-state index contributed by atoms with van der Waals surface area (Å²) in [7, 11) is 0. The van der Waals surface area contributed by atoms with E-state index < -0.39 is 5.60 Å². The summed E-state index contributed by atoms with van der Waals surface area (Å²) in [5.74, 6) is 0.686. The van der Waals surface area contributed by atoms with E-state index in [1.807, 2.05) is 0 Å². The molecule has 2 aliphatic rings. The smallest absolute Gasteiger partial charge is 0.135 e. The van der Waals surface area contributed by atoms with Gasteiger partial charge in [0.2, 0.25) is 0 Å². The second-order valence-corrected chi connectivity index (χ2v) is 3.95. The van der Waals surface area contributed by atoms with Crippen molar-refractivity contribution in [2.75, 3.05) is 0 Å². The van der Waals surface area contributed by atoms with Crippen molar-refractivity contribution in [1.82, 2.24) is 0 Å². The molecule has 0 aromatic heterocycles. The average molecular weight is 154 g/mol. The third-order valence-corrected chi connectivity index (χ3v) is 3.20. The molecule has 2 rings (SSSR count). The number of hydrogen-bond acceptors (Lipinski definition) is 2. The SMILES string of the molecule is O=C1CC[C@H]2CCC[C@@]2(O)C1. The van der Waals surface area contributed by atoms with Crippen molar-refractivity contribution in [3.63, 3.8) is 0 Å². The van der Waals surface area contributed by atoms with Crippen molar-refractivity contribution in [2.45, 2.75) is 44.1 Å². The topological polar surface area (TPSA) is 37.3 Å². The zero-order valence-electron chi connectivity index (χ0n) is 6.68. The standard InChI is InChI=1S/C9H14O2/c10-8-4-3-7-2-1-5-9(7,11)6-8/h7,11H,1-6H2/t7-,9-/m1/s1. The van der Waals surface area contributed by atoms with Gasteiger partial charge in [-0.2, -0.15) is 0 Å². The zero-order chi connectivity index (χ0) is 7.90. The molecule has 0 unspecified atom stereocenters. The Kier molecular flexibility index (Phi) is 1.53. The molecule has 2 heteroatoms. The van der Waals surface area contributed by atoms with Crippen molar-refractivity contribution in [2.24, 2.45) is 5.92 Å². The van der Waals surface area contributed by atoms with E-state index >= 15 is 0 Å². The summed E-state index contributed by atoms with van der Waals surface area (Å²) in [6.45, 7) is 0. The molecule has 0 amide bonds. The Bertz CT molecular complexity index is 188. The summed E-state index contributed by atoms with van der Waals surface area (Å²) in [5, 5.41) is 9.96. The second-order valence-electron chi connectivity index (χ2n) is 3.95. The number of hydrogen-bond donors (Lipinski definition) is 1. The van der Waals surface area contributed by atoms with Gasteiger partial charge in [-0.3, -0.25) is 4.79 Å². The van der Waals surface area contributed by atoms with Crippen LogP contribution in [0.2, 0.25) is 0 Å². The number of fused-ring (bicyclic) bond motifs is 1. The molecule has 2 saturated carbocycles. The maximum absolute atomic E-state index is 11.1. The van der Waals surface area contributed by atoms with Gasteiger partial charge in [0.25, 0.3) is 0 Å². The molecule has 0 aromatic carbocycles. The molecule has 1 N–H and O–H groups in total. The van der Waals surface area contributed by atoms with Crippen LogP contribution in [0.15, 0.2) is 0 Å². The van der Waals surface area contributed by atoms with Crippen molar-refractivity contribution >= 4 is 5.78 Å². The predicted molar refractivity (Wildman–Crippen MR) is 41.1 cm³/mol. The number of Topliss-reactive ketones (excluding diaryl/α,β-unsaturated/α-hetero) is 1. The van der Waals surface area contributed by atoms with Crippen LogP contribution in [0, 0.1) is 5.92 Å². The quantitative estimate of drug-likeness (QED) is 0.570. The maximum atomic E-state index is 11.1. The van der Waals surface area contributed by atoms with Gasteiger partial charge in [0.15, 0.2) is 0 Å². The van der Waals surface area contributed by atoms with E-state index in [1.54, 1.807) is 0 Å². The first-order valence-electron chi connectivity index (χ1n) is 4.45. The molecule has 0 radical (unpaired) electrons. The Morgan fingerprint density at radius 2 is 2.27 bits per heavy atom. The highest BCUT2D eigenvalue weighted by molar-refractivity contribution is 5.80. The van der Waals surface area contributed by atoms with Gasteiger partial charge >= 0.3 is 0 Å². The van der Waals surface area contributed by atoms with Crippen LogP contribution >= 0.6 is 0 Å². The van der Waals surface area contributed by atoms with E-state index in [2.05, 4.69) is 0 Å². The van der Waals surface area contributed by atoms with Gasteiger partial charge in [-0.25, -0.2) is 0 Å². The Balaban J connectivity index is 2.16. The minimum atomic E-state index is -0.588. The maximum Gasteiger partial charge on any atom is 0.135 e. The molecule has 11 heavy (non-hydrogen) atoms. The van der Waals surface area contributed by atoms with Crippen LogP contribution in [0.4, 0.5) is 0 Å². The van der Waals surface area contributed by atoms with Crippen LogP contribution in [0.3, 0.4) is 0 Å². The first-order chi connectivity index (χ1) is 5.21. The fourth-order valence-electron chi connectivity index (χ4n) is 2.54. The minimum Gasteiger partial charge on any atom is -0.389 e. The summed E-state index contributed by atoms with van der Waals surface area (Å²) in [6.07, 6.45) is 5.14. The van der Waals surface area contributed by atoms with Crippen LogP contribution in [0.1, 0.15) is 38.5 Å². The van der Waals surface area contributed by atoms with Gasteiger partial charge in [0.05, 0.1) is 5.60 Å². The lowest BCUT2D eigenvalue weighted by molar-refractivity contribution is -0.130. The molecule has 0 spiro atoms. The fraction of sp³-hybridized carbons (Fsp3) is 0.889. The summed E-state index contributed by atoms with van der Waals surface area (Å²) in [6, 6.07) is 0. The molecule has 0 bridgehead atoms. The minimum absolute atomic E-state index is 0.255. The molecule has 2 nitrogen and oxygen atoms in total. The van der Waals surface area contributed by atoms with Crippen molar-refractivity contribution in [3.8, 4) is 0 Å². The van der Waals surface area contributed by atoms with Crippen molar-refractivity contribution < 1.29 is 9.90 Å². The average Bonchev–Trinajstić information content (AvgIpc) is 2.28. The molecule has 0 saturated heterocycles. The molecular formula is C9H14O2. The highest BCUT2D eigenvalue weighted by Crippen LogP contribution is 2.44. The highest BCUT2D eigenvalue weighted by atomic mass is 16.3. The molecule has 2 fully saturated rings. The Hall–Kier alpha value is -0.370. The molecular weight excluding hydrogens is 140 g/mol. The van der Waals surface area contributed by atoms with Gasteiger partial charge in [0.1, 0.15) is 5.78 Å². The van der Waals surface area contributed by atoms with Crippen molar-refractivity contribution in [1.29, 1.82) is 0 Å². The van der Waals surface area contributed by atoms with Crippen LogP contribution in [-0.4, -0.2) is 16.5 Å². The van der Waals surface area contributed by atoms with Gasteiger partial charge in [-0.15, -0.1) is 0 Å². The predicted octanol–water partition coefficient (Wildman–Crippen LogP) is 1.27. The summed E-state index contributed by atoms with van der Waals surface area (Å²) >= 11 is 0. The first-order valence-corrected chi connectivity index (χ1v) is 4.45. The van der Waals surface area contributed by atoms with Crippen LogP contribution < -0.4 is 0 Å². The lowest BCUT2D eigenvalue weighted by Gasteiger charge is -2.33. The van der Waals surface area contributed by atoms with E-state index in [4.69, 9.17) is 0 Å². The molecule has 0 heterocycles. The van der Waals surface area contributed by atoms with Crippen LogP contribution in [0.5, 0.6) is 0 Å².